The molecule has 0 atom stereocenters. The zero-order valence-corrected chi connectivity index (χ0v) is 17.6. The van der Waals surface area contributed by atoms with Crippen molar-refractivity contribution >= 4 is 32.2 Å². The average molecular weight is 426 g/mol. The fraction of sp³-hybridized carbons (Fsp3) is 0.286. The van der Waals surface area contributed by atoms with Crippen molar-refractivity contribution in [1.82, 2.24) is 9.29 Å². The molecule has 0 unspecified atom stereocenters. The van der Waals surface area contributed by atoms with Gasteiger partial charge in [0, 0.05) is 55.7 Å². The highest BCUT2D eigenvalue weighted by Gasteiger charge is 2.29. The molecule has 0 radical (unpaired) electrons. The maximum absolute atomic E-state index is 13.1. The lowest BCUT2D eigenvalue weighted by Gasteiger charge is -2.36. The monoisotopic (exact) mass is 426 g/mol. The minimum absolute atomic E-state index is 0.0119. The van der Waals surface area contributed by atoms with E-state index in [9.17, 15) is 18.5 Å². The van der Waals surface area contributed by atoms with Crippen LogP contribution in [0.1, 0.15) is 11.1 Å². The lowest BCUT2D eigenvalue weighted by atomic mass is 10.1. The SMILES string of the molecule is Cc1ccc(S(=O)(=O)N2CCN(c3ccc([N+](=O)[O-])c4cnccc34)CC2)cc1C. The number of hydrogen-bond acceptors (Lipinski definition) is 6. The van der Waals surface area contributed by atoms with Crippen molar-refractivity contribution in [2.45, 2.75) is 18.7 Å². The fourth-order valence-electron chi connectivity index (χ4n) is 3.79. The summed E-state index contributed by atoms with van der Waals surface area (Å²) in [4.78, 5) is 17.3. The van der Waals surface area contributed by atoms with Crippen molar-refractivity contribution in [3.63, 3.8) is 0 Å². The number of aromatic nitrogens is 1. The van der Waals surface area contributed by atoms with E-state index in [1.807, 2.05) is 19.9 Å². The zero-order valence-electron chi connectivity index (χ0n) is 16.8. The van der Waals surface area contributed by atoms with E-state index in [0.717, 1.165) is 22.2 Å². The Morgan fingerprint density at radius 1 is 0.967 bits per heavy atom. The van der Waals surface area contributed by atoms with Gasteiger partial charge in [-0.1, -0.05) is 6.07 Å². The van der Waals surface area contributed by atoms with Crippen LogP contribution in [0.4, 0.5) is 11.4 Å². The maximum Gasteiger partial charge on any atom is 0.278 e. The molecule has 8 nitrogen and oxygen atoms in total. The summed E-state index contributed by atoms with van der Waals surface area (Å²) in [5, 5.41) is 12.5. The average Bonchev–Trinajstić information content (AvgIpc) is 2.74. The third-order valence-corrected chi connectivity index (χ3v) is 7.56. The van der Waals surface area contributed by atoms with Crippen molar-refractivity contribution in [2.75, 3.05) is 31.1 Å². The molecule has 1 saturated heterocycles. The highest BCUT2D eigenvalue weighted by atomic mass is 32.2. The van der Waals surface area contributed by atoms with Gasteiger partial charge in [0.1, 0.15) is 0 Å². The van der Waals surface area contributed by atoms with Crippen molar-refractivity contribution in [2.24, 2.45) is 0 Å². The summed E-state index contributed by atoms with van der Waals surface area (Å²) in [6, 6.07) is 10.2. The third-order valence-electron chi connectivity index (χ3n) is 5.66. The molecule has 9 heteroatoms. The topological polar surface area (TPSA) is 96.7 Å². The first-order chi connectivity index (χ1) is 14.3. The predicted octanol–water partition coefficient (Wildman–Crippen LogP) is 3.27. The number of pyridine rings is 1. The zero-order chi connectivity index (χ0) is 21.5. The van der Waals surface area contributed by atoms with Crippen LogP contribution in [-0.2, 0) is 10.0 Å². The van der Waals surface area contributed by atoms with Gasteiger partial charge in [-0.2, -0.15) is 4.31 Å². The lowest BCUT2D eigenvalue weighted by Crippen LogP contribution is -2.48. The quantitative estimate of drug-likeness (QED) is 0.469. The van der Waals surface area contributed by atoms with Crippen LogP contribution in [0.15, 0.2) is 53.7 Å². The molecule has 4 rings (SSSR count). The molecule has 1 fully saturated rings. The van der Waals surface area contributed by atoms with Gasteiger partial charge in [0.2, 0.25) is 10.0 Å². The second kappa shape index (κ2) is 7.66. The standard InChI is InChI=1S/C21H22N4O4S/c1-15-3-4-17(13-16(15)2)30(28,29)24-11-9-23(10-12-24)20-5-6-21(25(26)27)19-14-22-8-7-18(19)20/h3-8,13-14H,9-12H2,1-2H3. The molecule has 2 aromatic carbocycles. The molecule has 0 amide bonds. The van der Waals surface area contributed by atoms with Gasteiger partial charge in [0.05, 0.1) is 15.2 Å². The van der Waals surface area contributed by atoms with Crippen LogP contribution in [0.25, 0.3) is 10.8 Å². The third kappa shape index (κ3) is 3.50. The number of nitro groups is 1. The summed E-state index contributed by atoms with van der Waals surface area (Å²) < 4.78 is 27.6. The number of benzene rings is 2. The van der Waals surface area contributed by atoms with E-state index >= 15 is 0 Å². The second-order valence-corrected chi connectivity index (χ2v) is 9.36. The van der Waals surface area contributed by atoms with Gasteiger partial charge in [-0.25, -0.2) is 8.42 Å². The Kier molecular flexibility index (Phi) is 5.17. The van der Waals surface area contributed by atoms with Crippen LogP contribution in [-0.4, -0.2) is 48.8 Å². The second-order valence-electron chi connectivity index (χ2n) is 7.42. The van der Waals surface area contributed by atoms with Gasteiger partial charge in [0.15, 0.2) is 0 Å². The van der Waals surface area contributed by atoms with Gasteiger partial charge in [-0.05, 0) is 49.2 Å². The van der Waals surface area contributed by atoms with Crippen molar-refractivity contribution in [1.29, 1.82) is 0 Å². The van der Waals surface area contributed by atoms with Crippen molar-refractivity contribution < 1.29 is 13.3 Å². The molecule has 156 valence electrons. The Hall–Kier alpha value is -3.04. The Labute approximate surface area is 175 Å². The Morgan fingerprint density at radius 3 is 2.37 bits per heavy atom. The van der Waals surface area contributed by atoms with E-state index in [0.29, 0.717) is 36.5 Å². The predicted molar refractivity (Wildman–Crippen MR) is 115 cm³/mol. The van der Waals surface area contributed by atoms with Crippen LogP contribution in [0.3, 0.4) is 0 Å². The molecule has 2 heterocycles. The first kappa shape index (κ1) is 20.2. The van der Waals surface area contributed by atoms with E-state index in [4.69, 9.17) is 0 Å². The van der Waals surface area contributed by atoms with E-state index in [1.54, 1.807) is 30.5 Å². The molecule has 1 aromatic heterocycles. The number of non-ortho nitro benzene ring substituents is 1. The highest BCUT2D eigenvalue weighted by molar-refractivity contribution is 7.89. The molecule has 0 spiro atoms. The van der Waals surface area contributed by atoms with Crippen LogP contribution < -0.4 is 4.90 Å². The number of piperazine rings is 1. The number of rotatable bonds is 4. The summed E-state index contributed by atoms with van der Waals surface area (Å²) in [5.41, 5.74) is 2.86. The molecule has 1 aliphatic rings. The van der Waals surface area contributed by atoms with Crippen molar-refractivity contribution in [3.8, 4) is 0 Å². The normalized spacial score (nSPS) is 15.5. The van der Waals surface area contributed by atoms with Crippen LogP contribution in [0.5, 0.6) is 0 Å². The Morgan fingerprint density at radius 2 is 1.70 bits per heavy atom. The summed E-state index contributed by atoms with van der Waals surface area (Å²) in [5.74, 6) is 0. The highest BCUT2D eigenvalue weighted by Crippen LogP contribution is 2.33. The maximum atomic E-state index is 13.1. The molecule has 30 heavy (non-hydrogen) atoms. The smallest absolute Gasteiger partial charge is 0.278 e. The fourth-order valence-corrected chi connectivity index (χ4v) is 5.29. The number of hydrogen-bond donors (Lipinski definition) is 0. The van der Waals surface area contributed by atoms with Crippen molar-refractivity contribution in [3.05, 3.63) is 70.0 Å². The first-order valence-corrected chi connectivity index (χ1v) is 11.1. The van der Waals surface area contributed by atoms with E-state index in [1.165, 1.54) is 16.6 Å². The molecule has 0 aliphatic carbocycles. The molecule has 0 bridgehead atoms. The van der Waals surface area contributed by atoms with E-state index in [2.05, 4.69) is 9.88 Å². The number of nitro benzene ring substituents is 1. The van der Waals surface area contributed by atoms with Gasteiger partial charge in [-0.15, -0.1) is 0 Å². The first-order valence-electron chi connectivity index (χ1n) is 9.62. The summed E-state index contributed by atoms with van der Waals surface area (Å²) in [7, 11) is -3.56. The number of aryl methyl sites for hydroxylation is 2. The van der Waals surface area contributed by atoms with Gasteiger partial charge < -0.3 is 4.90 Å². The molecule has 0 saturated carbocycles. The van der Waals surface area contributed by atoms with Crippen LogP contribution in [0, 0.1) is 24.0 Å². The largest absolute Gasteiger partial charge is 0.368 e. The van der Waals surface area contributed by atoms with E-state index < -0.39 is 14.9 Å². The number of anilines is 1. The summed E-state index contributed by atoms with van der Waals surface area (Å²) in [6.07, 6.45) is 3.10. The minimum Gasteiger partial charge on any atom is -0.368 e. The van der Waals surface area contributed by atoms with E-state index in [-0.39, 0.29) is 5.69 Å². The van der Waals surface area contributed by atoms with Gasteiger partial charge in [0.25, 0.3) is 5.69 Å². The number of sulfonamides is 1. The Balaban J connectivity index is 1.59. The van der Waals surface area contributed by atoms with Crippen LogP contribution in [0.2, 0.25) is 0 Å². The van der Waals surface area contributed by atoms with Gasteiger partial charge >= 0.3 is 0 Å². The number of nitrogens with zero attached hydrogens (tertiary/aromatic N) is 4. The molecular weight excluding hydrogens is 404 g/mol. The number of fused-ring (bicyclic) bond motifs is 1. The summed E-state index contributed by atoms with van der Waals surface area (Å²) >= 11 is 0. The minimum atomic E-state index is -3.56. The Bertz CT molecular complexity index is 1230. The lowest BCUT2D eigenvalue weighted by molar-refractivity contribution is -0.383. The summed E-state index contributed by atoms with van der Waals surface area (Å²) in [6.45, 7) is 5.55. The van der Waals surface area contributed by atoms with Crippen LogP contribution >= 0.6 is 0 Å². The molecule has 0 N–H and O–H groups in total. The molecular formula is C21H22N4O4S. The van der Waals surface area contributed by atoms with Gasteiger partial charge in [-0.3, -0.25) is 15.1 Å². The molecule has 1 aliphatic heterocycles. The molecule has 3 aromatic rings.